The number of pyridine rings is 1. The fourth-order valence-electron chi connectivity index (χ4n) is 1.72. The standard InChI is InChI=1S/C9H12IN3O/c1-5-2-7(11)8-12-6(3-10)4-13(8)9(5)14/h2,6,12H,3-4,11H2,1H3. The summed E-state index contributed by atoms with van der Waals surface area (Å²) in [6.45, 7) is 2.52. The molecule has 5 heteroatoms. The third-order valence-electron chi connectivity index (χ3n) is 2.43. The van der Waals surface area contributed by atoms with Crippen LogP contribution in [0.5, 0.6) is 0 Å². The van der Waals surface area contributed by atoms with Crippen molar-refractivity contribution >= 4 is 34.1 Å². The van der Waals surface area contributed by atoms with Gasteiger partial charge in [-0.15, -0.1) is 0 Å². The number of nitrogens with zero attached hydrogens (tertiary/aromatic N) is 1. The Labute approximate surface area is 95.6 Å². The maximum absolute atomic E-state index is 11.7. The summed E-state index contributed by atoms with van der Waals surface area (Å²) >= 11 is 2.30. The average molecular weight is 305 g/mol. The molecule has 14 heavy (non-hydrogen) atoms. The van der Waals surface area contributed by atoms with Gasteiger partial charge in [0.05, 0.1) is 11.7 Å². The summed E-state index contributed by atoms with van der Waals surface area (Å²) in [5.74, 6) is 0.780. The number of nitrogens with two attached hydrogens (primary N) is 1. The second-order valence-corrected chi connectivity index (χ2v) is 4.42. The Morgan fingerprint density at radius 3 is 3.14 bits per heavy atom. The molecule has 0 radical (unpaired) electrons. The molecule has 1 aliphatic rings. The fourth-order valence-corrected chi connectivity index (χ4v) is 2.21. The van der Waals surface area contributed by atoms with E-state index in [2.05, 4.69) is 27.9 Å². The van der Waals surface area contributed by atoms with Gasteiger partial charge in [-0.05, 0) is 13.0 Å². The molecule has 76 valence electrons. The van der Waals surface area contributed by atoms with Crippen LogP contribution in [-0.2, 0) is 6.54 Å². The van der Waals surface area contributed by atoms with E-state index >= 15 is 0 Å². The van der Waals surface area contributed by atoms with Crippen LogP contribution in [0.15, 0.2) is 10.9 Å². The largest absolute Gasteiger partial charge is 0.396 e. The molecular weight excluding hydrogens is 293 g/mol. The molecule has 0 spiro atoms. The monoisotopic (exact) mass is 305 g/mol. The van der Waals surface area contributed by atoms with Crippen LogP contribution in [-0.4, -0.2) is 15.0 Å². The minimum atomic E-state index is 0.0639. The van der Waals surface area contributed by atoms with Gasteiger partial charge < -0.3 is 11.1 Å². The number of hydrogen-bond acceptors (Lipinski definition) is 3. The number of halogens is 1. The summed E-state index contributed by atoms with van der Waals surface area (Å²) in [7, 11) is 0. The number of hydrogen-bond donors (Lipinski definition) is 2. The van der Waals surface area contributed by atoms with Crippen LogP contribution in [0.25, 0.3) is 0 Å². The number of nitrogens with one attached hydrogen (secondary N) is 1. The van der Waals surface area contributed by atoms with Gasteiger partial charge in [0.15, 0.2) is 0 Å². The van der Waals surface area contributed by atoms with Gasteiger partial charge in [0.1, 0.15) is 5.82 Å². The van der Waals surface area contributed by atoms with Crippen molar-refractivity contribution in [2.45, 2.75) is 19.5 Å². The second-order valence-electron chi connectivity index (χ2n) is 3.54. The lowest BCUT2D eigenvalue weighted by Crippen LogP contribution is -2.23. The first-order chi connectivity index (χ1) is 6.63. The number of rotatable bonds is 1. The average Bonchev–Trinajstić information content (AvgIpc) is 2.58. The van der Waals surface area contributed by atoms with E-state index in [1.807, 2.05) is 0 Å². The fraction of sp³-hybridized carbons (Fsp3) is 0.444. The van der Waals surface area contributed by atoms with Gasteiger partial charge in [-0.25, -0.2) is 0 Å². The van der Waals surface area contributed by atoms with E-state index in [0.29, 0.717) is 17.3 Å². The highest BCUT2D eigenvalue weighted by molar-refractivity contribution is 14.1. The first-order valence-corrected chi connectivity index (χ1v) is 5.98. The molecule has 1 unspecified atom stereocenters. The van der Waals surface area contributed by atoms with Crippen LogP contribution in [0.1, 0.15) is 5.56 Å². The zero-order chi connectivity index (χ0) is 10.3. The molecule has 1 aromatic rings. The zero-order valence-electron chi connectivity index (χ0n) is 7.88. The van der Waals surface area contributed by atoms with Gasteiger partial charge in [-0.1, -0.05) is 22.6 Å². The zero-order valence-corrected chi connectivity index (χ0v) is 10.0. The molecular formula is C9H12IN3O. The molecule has 4 nitrogen and oxygen atoms in total. The summed E-state index contributed by atoms with van der Waals surface area (Å²) < 4.78 is 2.70. The highest BCUT2D eigenvalue weighted by Crippen LogP contribution is 2.24. The van der Waals surface area contributed by atoms with Gasteiger partial charge in [0.2, 0.25) is 0 Å². The third-order valence-corrected chi connectivity index (χ3v) is 3.49. The number of nitrogen functional groups attached to an aromatic ring is 1. The minimum Gasteiger partial charge on any atom is -0.396 e. The Balaban J connectivity index is 2.56. The van der Waals surface area contributed by atoms with Crippen LogP contribution >= 0.6 is 22.6 Å². The van der Waals surface area contributed by atoms with Crippen molar-refractivity contribution in [2.75, 3.05) is 15.5 Å². The molecule has 1 atom stereocenters. The Kier molecular flexibility index (Phi) is 2.42. The maximum Gasteiger partial charge on any atom is 0.255 e. The Morgan fingerprint density at radius 1 is 1.79 bits per heavy atom. The Bertz CT molecular complexity index is 427. The molecule has 0 aliphatic carbocycles. The van der Waals surface area contributed by atoms with E-state index in [-0.39, 0.29) is 5.56 Å². The lowest BCUT2D eigenvalue weighted by molar-refractivity contribution is 0.684. The van der Waals surface area contributed by atoms with Crippen LogP contribution in [0.3, 0.4) is 0 Å². The van der Waals surface area contributed by atoms with Gasteiger partial charge in [0, 0.05) is 16.5 Å². The van der Waals surface area contributed by atoms with Gasteiger partial charge in [-0.2, -0.15) is 0 Å². The minimum absolute atomic E-state index is 0.0639. The maximum atomic E-state index is 11.7. The Morgan fingerprint density at radius 2 is 2.50 bits per heavy atom. The van der Waals surface area contributed by atoms with Crippen molar-refractivity contribution in [2.24, 2.45) is 0 Å². The highest BCUT2D eigenvalue weighted by atomic mass is 127. The summed E-state index contributed by atoms with van der Waals surface area (Å²) in [6.07, 6.45) is 0. The first-order valence-electron chi connectivity index (χ1n) is 4.46. The quantitative estimate of drug-likeness (QED) is 0.600. The number of fused-ring (bicyclic) bond motifs is 1. The van der Waals surface area contributed by atoms with E-state index in [1.54, 1.807) is 17.6 Å². The van der Waals surface area contributed by atoms with Crippen molar-refractivity contribution in [1.29, 1.82) is 0 Å². The molecule has 1 aromatic heterocycles. The molecule has 2 rings (SSSR count). The topological polar surface area (TPSA) is 60.0 Å². The summed E-state index contributed by atoms with van der Waals surface area (Å²) in [5, 5.41) is 3.25. The molecule has 2 heterocycles. The second kappa shape index (κ2) is 3.45. The summed E-state index contributed by atoms with van der Waals surface area (Å²) in [4.78, 5) is 11.7. The van der Waals surface area contributed by atoms with E-state index in [9.17, 15) is 4.79 Å². The normalized spacial score (nSPS) is 19.1. The van der Waals surface area contributed by atoms with Crippen LogP contribution in [0.2, 0.25) is 0 Å². The third kappa shape index (κ3) is 1.39. The first kappa shape index (κ1) is 9.82. The molecule has 0 amide bonds. The van der Waals surface area contributed by atoms with Crippen molar-refractivity contribution in [3.8, 4) is 0 Å². The van der Waals surface area contributed by atoms with Crippen LogP contribution < -0.4 is 16.6 Å². The Hall–Kier alpha value is -0.720. The lowest BCUT2D eigenvalue weighted by atomic mass is 10.2. The predicted octanol–water partition coefficient (Wildman–Crippen LogP) is 0.968. The van der Waals surface area contributed by atoms with Gasteiger partial charge >= 0.3 is 0 Å². The van der Waals surface area contributed by atoms with E-state index in [1.165, 1.54) is 0 Å². The van der Waals surface area contributed by atoms with E-state index in [4.69, 9.17) is 5.73 Å². The van der Waals surface area contributed by atoms with Crippen molar-refractivity contribution in [3.05, 3.63) is 22.0 Å². The molecule has 0 aromatic carbocycles. The SMILES string of the molecule is Cc1cc(N)c2n(c1=O)CC(CI)N2. The van der Waals surface area contributed by atoms with E-state index < -0.39 is 0 Å². The molecule has 0 bridgehead atoms. The number of aryl methyl sites for hydroxylation is 1. The van der Waals surface area contributed by atoms with Crippen LogP contribution in [0.4, 0.5) is 11.5 Å². The molecule has 0 saturated carbocycles. The highest BCUT2D eigenvalue weighted by Gasteiger charge is 2.22. The number of aromatic nitrogens is 1. The molecule has 0 fully saturated rings. The van der Waals surface area contributed by atoms with Crippen molar-refractivity contribution in [1.82, 2.24) is 4.57 Å². The summed E-state index contributed by atoms with van der Waals surface area (Å²) in [5.41, 5.74) is 7.27. The van der Waals surface area contributed by atoms with Gasteiger partial charge in [-0.3, -0.25) is 9.36 Å². The van der Waals surface area contributed by atoms with Crippen molar-refractivity contribution in [3.63, 3.8) is 0 Å². The number of alkyl halides is 1. The summed E-state index contributed by atoms with van der Waals surface area (Å²) in [6, 6.07) is 2.06. The van der Waals surface area contributed by atoms with E-state index in [0.717, 1.165) is 16.8 Å². The van der Waals surface area contributed by atoms with Crippen LogP contribution in [0, 0.1) is 6.92 Å². The molecule has 1 aliphatic heterocycles. The predicted molar refractivity (Wildman–Crippen MR) is 66.1 cm³/mol. The van der Waals surface area contributed by atoms with Crippen molar-refractivity contribution < 1.29 is 0 Å². The molecule has 0 saturated heterocycles. The lowest BCUT2D eigenvalue weighted by Gasteiger charge is -2.06. The number of anilines is 2. The van der Waals surface area contributed by atoms with Gasteiger partial charge in [0.25, 0.3) is 5.56 Å². The smallest absolute Gasteiger partial charge is 0.255 e. The molecule has 3 N–H and O–H groups in total.